The summed E-state index contributed by atoms with van der Waals surface area (Å²) in [5, 5.41) is 8.40. The highest BCUT2D eigenvalue weighted by atomic mass is 16.4. The lowest BCUT2D eigenvalue weighted by Crippen LogP contribution is -2.40. The molecule has 122 valence electrons. The monoisotopic (exact) mass is 313 g/mol. The van der Waals surface area contributed by atoms with Gasteiger partial charge in [0.25, 0.3) is 0 Å². The number of benzene rings is 1. The number of carbonyl (C=O) groups excluding carboxylic acids is 1. The van der Waals surface area contributed by atoms with Gasteiger partial charge < -0.3 is 9.32 Å². The number of hydrogen-bond donors (Lipinski definition) is 0. The highest BCUT2D eigenvalue weighted by Gasteiger charge is 2.28. The Balaban J connectivity index is 1.66. The van der Waals surface area contributed by atoms with Gasteiger partial charge in [0, 0.05) is 30.5 Å². The molecule has 0 N–H and O–H groups in total. The first-order valence-electron chi connectivity index (χ1n) is 8.24. The quantitative estimate of drug-likeness (QED) is 0.871. The van der Waals surface area contributed by atoms with E-state index in [0.29, 0.717) is 11.8 Å². The van der Waals surface area contributed by atoms with Crippen molar-refractivity contribution in [2.75, 3.05) is 13.1 Å². The van der Waals surface area contributed by atoms with Crippen LogP contribution < -0.4 is 0 Å². The molecule has 5 heteroatoms. The van der Waals surface area contributed by atoms with Crippen molar-refractivity contribution < 1.29 is 9.21 Å². The molecule has 1 aliphatic heterocycles. The Morgan fingerprint density at radius 1 is 1.17 bits per heavy atom. The Morgan fingerprint density at radius 2 is 1.83 bits per heavy atom. The van der Waals surface area contributed by atoms with Crippen LogP contribution in [0.2, 0.25) is 0 Å². The first kappa shape index (κ1) is 15.7. The maximum Gasteiger partial charge on any atom is 0.247 e. The third-order valence-corrected chi connectivity index (χ3v) is 4.39. The van der Waals surface area contributed by atoms with E-state index in [2.05, 4.69) is 17.1 Å². The van der Waals surface area contributed by atoms with Gasteiger partial charge in [-0.3, -0.25) is 4.79 Å². The fourth-order valence-electron chi connectivity index (χ4n) is 2.92. The third kappa shape index (κ3) is 3.44. The van der Waals surface area contributed by atoms with Crippen molar-refractivity contribution in [3.8, 4) is 11.5 Å². The van der Waals surface area contributed by atoms with Crippen molar-refractivity contribution >= 4 is 5.91 Å². The molecule has 1 aromatic carbocycles. The van der Waals surface area contributed by atoms with E-state index in [1.807, 2.05) is 43.0 Å². The Hall–Kier alpha value is -2.17. The van der Waals surface area contributed by atoms with Gasteiger partial charge in [-0.15, -0.1) is 10.2 Å². The average molecular weight is 313 g/mol. The lowest BCUT2D eigenvalue weighted by molar-refractivity contribution is -0.135. The van der Waals surface area contributed by atoms with Gasteiger partial charge >= 0.3 is 0 Å². The molecule has 1 aromatic heterocycles. The lowest BCUT2D eigenvalue weighted by Gasteiger charge is -2.31. The largest absolute Gasteiger partial charge is 0.420 e. The van der Waals surface area contributed by atoms with Crippen LogP contribution in [0.1, 0.15) is 44.1 Å². The molecule has 0 bridgehead atoms. The highest BCUT2D eigenvalue weighted by molar-refractivity contribution is 5.78. The number of hydrogen-bond acceptors (Lipinski definition) is 4. The van der Waals surface area contributed by atoms with E-state index in [1.54, 1.807) is 0 Å². The topological polar surface area (TPSA) is 59.2 Å². The Labute approximate surface area is 136 Å². The number of likely N-dealkylation sites (tertiary alicyclic amines) is 1. The van der Waals surface area contributed by atoms with Crippen LogP contribution in [0.15, 0.2) is 28.7 Å². The number of rotatable bonds is 3. The lowest BCUT2D eigenvalue weighted by atomic mass is 9.96. The van der Waals surface area contributed by atoms with Crippen LogP contribution >= 0.6 is 0 Å². The van der Waals surface area contributed by atoms with Gasteiger partial charge in [-0.2, -0.15) is 0 Å². The predicted molar refractivity (Wildman–Crippen MR) is 87.9 cm³/mol. The molecule has 0 aliphatic carbocycles. The number of aryl methyl sites for hydroxylation is 1. The fraction of sp³-hybridized carbons (Fsp3) is 0.500. The molecule has 0 spiro atoms. The maximum absolute atomic E-state index is 12.0. The van der Waals surface area contributed by atoms with Gasteiger partial charge in [-0.05, 0) is 31.9 Å². The number of aromatic nitrogens is 2. The van der Waals surface area contributed by atoms with E-state index >= 15 is 0 Å². The molecule has 2 aromatic rings. The van der Waals surface area contributed by atoms with Crippen molar-refractivity contribution in [1.82, 2.24) is 15.1 Å². The van der Waals surface area contributed by atoms with E-state index in [1.165, 1.54) is 5.56 Å². The molecule has 1 amide bonds. The van der Waals surface area contributed by atoms with E-state index in [-0.39, 0.29) is 17.7 Å². The summed E-state index contributed by atoms with van der Waals surface area (Å²) in [6, 6.07) is 8.07. The molecule has 0 radical (unpaired) electrons. The zero-order valence-electron chi connectivity index (χ0n) is 14.0. The van der Waals surface area contributed by atoms with E-state index in [9.17, 15) is 4.79 Å². The van der Waals surface area contributed by atoms with Crippen LogP contribution in [0.5, 0.6) is 0 Å². The summed E-state index contributed by atoms with van der Waals surface area (Å²) >= 11 is 0. The average Bonchev–Trinajstić information content (AvgIpc) is 3.05. The molecule has 0 atom stereocenters. The standard InChI is InChI=1S/C18H23N3O2/c1-12(2)18(22)21-10-8-15(9-11-21)17-20-19-16(23-17)14-6-4-13(3)5-7-14/h4-7,12,15H,8-11H2,1-3H3. The normalized spacial score (nSPS) is 16.1. The van der Waals surface area contributed by atoms with Gasteiger partial charge in [0.1, 0.15) is 0 Å². The molecule has 0 unspecified atom stereocenters. The first-order chi connectivity index (χ1) is 11.0. The van der Waals surface area contributed by atoms with Crippen LogP contribution in [0, 0.1) is 12.8 Å². The van der Waals surface area contributed by atoms with Gasteiger partial charge in [0.15, 0.2) is 0 Å². The van der Waals surface area contributed by atoms with Gasteiger partial charge in [-0.25, -0.2) is 0 Å². The molecule has 0 saturated carbocycles. The fourth-order valence-corrected chi connectivity index (χ4v) is 2.92. The van der Waals surface area contributed by atoms with Crippen LogP contribution in [0.3, 0.4) is 0 Å². The molecule has 1 saturated heterocycles. The molecular formula is C18H23N3O2. The second kappa shape index (κ2) is 6.52. The minimum Gasteiger partial charge on any atom is -0.420 e. The molecule has 2 heterocycles. The number of amides is 1. The summed E-state index contributed by atoms with van der Waals surface area (Å²) in [4.78, 5) is 14.0. The van der Waals surface area contributed by atoms with Crippen LogP contribution in [-0.2, 0) is 4.79 Å². The summed E-state index contributed by atoms with van der Waals surface area (Å²) in [5.74, 6) is 1.80. The van der Waals surface area contributed by atoms with Crippen LogP contribution in [-0.4, -0.2) is 34.1 Å². The first-order valence-corrected chi connectivity index (χ1v) is 8.24. The van der Waals surface area contributed by atoms with Crippen molar-refractivity contribution in [3.05, 3.63) is 35.7 Å². The number of piperidine rings is 1. The van der Waals surface area contributed by atoms with E-state index in [4.69, 9.17) is 4.42 Å². The van der Waals surface area contributed by atoms with Crippen molar-refractivity contribution in [1.29, 1.82) is 0 Å². The van der Waals surface area contributed by atoms with E-state index < -0.39 is 0 Å². The minimum atomic E-state index is 0.0584. The van der Waals surface area contributed by atoms with Crippen molar-refractivity contribution in [3.63, 3.8) is 0 Å². The summed E-state index contributed by atoms with van der Waals surface area (Å²) in [6.45, 7) is 7.48. The highest BCUT2D eigenvalue weighted by Crippen LogP contribution is 2.29. The number of nitrogens with zero attached hydrogens (tertiary/aromatic N) is 3. The molecule has 1 fully saturated rings. The van der Waals surface area contributed by atoms with Crippen molar-refractivity contribution in [2.45, 2.75) is 39.5 Å². The second-order valence-electron chi connectivity index (χ2n) is 6.57. The van der Waals surface area contributed by atoms with Crippen LogP contribution in [0.25, 0.3) is 11.5 Å². The van der Waals surface area contributed by atoms with Crippen LogP contribution in [0.4, 0.5) is 0 Å². The Bertz CT molecular complexity index is 668. The molecule has 23 heavy (non-hydrogen) atoms. The van der Waals surface area contributed by atoms with Crippen molar-refractivity contribution in [2.24, 2.45) is 5.92 Å². The zero-order valence-corrected chi connectivity index (χ0v) is 14.0. The minimum absolute atomic E-state index is 0.0584. The smallest absolute Gasteiger partial charge is 0.247 e. The van der Waals surface area contributed by atoms with Gasteiger partial charge in [0.2, 0.25) is 17.7 Å². The molecule has 1 aliphatic rings. The van der Waals surface area contributed by atoms with Gasteiger partial charge in [-0.1, -0.05) is 31.5 Å². The summed E-state index contributed by atoms with van der Waals surface area (Å²) in [5.41, 5.74) is 2.15. The molecule has 3 rings (SSSR count). The Kier molecular flexibility index (Phi) is 4.46. The maximum atomic E-state index is 12.0. The predicted octanol–water partition coefficient (Wildman–Crippen LogP) is 3.41. The number of carbonyl (C=O) groups is 1. The summed E-state index contributed by atoms with van der Waals surface area (Å²) in [7, 11) is 0. The molecule has 5 nitrogen and oxygen atoms in total. The Morgan fingerprint density at radius 3 is 2.43 bits per heavy atom. The zero-order chi connectivity index (χ0) is 16.4. The van der Waals surface area contributed by atoms with Gasteiger partial charge in [0.05, 0.1) is 0 Å². The summed E-state index contributed by atoms with van der Waals surface area (Å²) < 4.78 is 5.87. The SMILES string of the molecule is Cc1ccc(-c2nnc(C3CCN(C(=O)C(C)C)CC3)o2)cc1. The van der Waals surface area contributed by atoms with E-state index in [0.717, 1.165) is 31.5 Å². The molecular weight excluding hydrogens is 290 g/mol. The second-order valence-corrected chi connectivity index (χ2v) is 6.57. The third-order valence-electron chi connectivity index (χ3n) is 4.39. The summed E-state index contributed by atoms with van der Waals surface area (Å²) in [6.07, 6.45) is 1.77.